The highest BCUT2D eigenvalue weighted by atomic mass is 16.3. The van der Waals surface area contributed by atoms with Crippen LogP contribution in [-0.2, 0) is 0 Å². The first-order valence-electron chi connectivity index (χ1n) is 2.61. The average molecular weight is 111 g/mol. The predicted molar refractivity (Wildman–Crippen MR) is 32.5 cm³/mol. The Bertz CT molecular complexity index is 137. The van der Waals surface area contributed by atoms with Crippen molar-refractivity contribution in [2.45, 2.75) is 6.42 Å². The zero-order chi connectivity index (χ0) is 5.98. The Labute approximate surface area is 48.5 Å². The van der Waals surface area contributed by atoms with Crippen molar-refractivity contribution in [3.8, 4) is 0 Å². The van der Waals surface area contributed by atoms with E-state index < -0.39 is 0 Å². The quantitative estimate of drug-likeness (QED) is 0.487. The summed E-state index contributed by atoms with van der Waals surface area (Å²) in [4.78, 5) is 0. The molecule has 0 aromatic heterocycles. The molecular formula is C6H9NO. The van der Waals surface area contributed by atoms with Gasteiger partial charge in [-0.25, -0.2) is 0 Å². The fourth-order valence-electron chi connectivity index (χ4n) is 0.675. The van der Waals surface area contributed by atoms with E-state index in [1.165, 1.54) is 0 Å². The molecule has 1 aliphatic heterocycles. The maximum Gasteiger partial charge on any atom is 0.0960 e. The van der Waals surface area contributed by atoms with E-state index in [4.69, 9.17) is 5.11 Å². The molecule has 0 atom stereocenters. The lowest BCUT2D eigenvalue weighted by Crippen LogP contribution is -2.17. The average Bonchev–Trinajstić information content (AvgIpc) is 1.64. The molecule has 2 nitrogen and oxygen atoms in total. The number of aliphatic hydroxyl groups excluding tert-OH is 1. The minimum Gasteiger partial charge on any atom is -0.512 e. The van der Waals surface area contributed by atoms with Crippen LogP contribution in [0.2, 0.25) is 0 Å². The Kier molecular flexibility index (Phi) is 1.24. The molecule has 1 rings (SSSR count). The van der Waals surface area contributed by atoms with Gasteiger partial charge in [0.1, 0.15) is 0 Å². The van der Waals surface area contributed by atoms with Crippen LogP contribution < -0.4 is 5.32 Å². The zero-order valence-electron chi connectivity index (χ0n) is 4.65. The summed E-state index contributed by atoms with van der Waals surface area (Å²) in [6, 6.07) is 0. The number of hydrogen-bond acceptors (Lipinski definition) is 2. The Morgan fingerprint density at radius 3 is 2.88 bits per heavy atom. The Balaban J connectivity index is 2.64. The number of aliphatic hydroxyl groups is 1. The summed E-state index contributed by atoms with van der Waals surface area (Å²) in [7, 11) is 0. The highest BCUT2D eigenvalue weighted by Gasteiger charge is 2.00. The van der Waals surface area contributed by atoms with E-state index in [9.17, 15) is 0 Å². The minimum absolute atomic E-state index is 0.425. The largest absolute Gasteiger partial charge is 0.512 e. The molecule has 0 unspecified atom stereocenters. The summed E-state index contributed by atoms with van der Waals surface area (Å²) >= 11 is 0. The first kappa shape index (κ1) is 5.22. The molecule has 2 N–H and O–H groups in total. The molecule has 2 heteroatoms. The van der Waals surface area contributed by atoms with Gasteiger partial charge in [-0.3, -0.25) is 0 Å². The van der Waals surface area contributed by atoms with Crippen LogP contribution in [0.15, 0.2) is 24.1 Å². The summed E-state index contributed by atoms with van der Waals surface area (Å²) in [6.45, 7) is 4.42. The van der Waals surface area contributed by atoms with E-state index in [0.29, 0.717) is 5.76 Å². The van der Waals surface area contributed by atoms with Gasteiger partial charge in [0.15, 0.2) is 0 Å². The number of hydrogen-bond donors (Lipinski definition) is 2. The predicted octanol–water partition coefficient (Wildman–Crippen LogP) is 0.935. The van der Waals surface area contributed by atoms with Gasteiger partial charge in [-0.15, -0.1) is 0 Å². The second-order valence-electron chi connectivity index (χ2n) is 1.84. The maximum atomic E-state index is 8.84. The van der Waals surface area contributed by atoms with Crippen molar-refractivity contribution in [3.05, 3.63) is 24.1 Å². The summed E-state index contributed by atoms with van der Waals surface area (Å²) in [6.07, 6.45) is 2.36. The normalized spacial score (nSPS) is 19.5. The molecule has 0 aromatic carbocycles. The van der Waals surface area contributed by atoms with E-state index in [-0.39, 0.29) is 0 Å². The topological polar surface area (TPSA) is 32.3 Å². The van der Waals surface area contributed by atoms with Crippen molar-refractivity contribution in [3.63, 3.8) is 0 Å². The van der Waals surface area contributed by atoms with E-state index in [2.05, 4.69) is 11.9 Å². The number of allylic oxidation sites excluding steroid dienone is 1. The molecule has 0 saturated carbocycles. The first-order chi connectivity index (χ1) is 3.79. The summed E-state index contributed by atoms with van der Waals surface area (Å²) in [5, 5.41) is 11.8. The third-order valence-corrected chi connectivity index (χ3v) is 1.07. The van der Waals surface area contributed by atoms with E-state index in [1.807, 2.05) is 0 Å². The van der Waals surface area contributed by atoms with E-state index >= 15 is 0 Å². The first-order valence-corrected chi connectivity index (χ1v) is 2.61. The van der Waals surface area contributed by atoms with Crippen LogP contribution in [0.5, 0.6) is 0 Å². The van der Waals surface area contributed by atoms with Crippen LogP contribution in [0.25, 0.3) is 0 Å². The van der Waals surface area contributed by atoms with Gasteiger partial charge in [0.05, 0.1) is 5.76 Å². The lowest BCUT2D eigenvalue weighted by Gasteiger charge is -2.11. The van der Waals surface area contributed by atoms with E-state index in [1.54, 1.807) is 6.08 Å². The summed E-state index contributed by atoms with van der Waals surface area (Å²) in [5.74, 6) is 0.425. The molecule has 0 amide bonds. The standard InChI is InChI=1S/C6H9NO/c1-5-4-6(8)2-3-7-5/h4,7-8H,1-3H2. The fraction of sp³-hybridized carbons (Fsp3) is 0.333. The number of nitrogens with one attached hydrogen (secondary N) is 1. The van der Waals surface area contributed by atoms with Gasteiger partial charge in [0.2, 0.25) is 0 Å². The van der Waals surface area contributed by atoms with Gasteiger partial charge >= 0.3 is 0 Å². The van der Waals surface area contributed by atoms with Crippen LogP contribution >= 0.6 is 0 Å². The number of rotatable bonds is 0. The molecule has 8 heavy (non-hydrogen) atoms. The monoisotopic (exact) mass is 111 g/mol. The summed E-state index contributed by atoms with van der Waals surface area (Å²) in [5.41, 5.74) is 0.800. The molecular weight excluding hydrogens is 102 g/mol. The Hall–Kier alpha value is -0.920. The van der Waals surface area contributed by atoms with Gasteiger partial charge in [0.25, 0.3) is 0 Å². The SMILES string of the molecule is C=C1C=C(O)CCN1. The molecule has 1 heterocycles. The van der Waals surface area contributed by atoms with Crippen LogP contribution in [0.1, 0.15) is 6.42 Å². The van der Waals surface area contributed by atoms with Gasteiger partial charge in [-0.05, 0) is 6.08 Å². The van der Waals surface area contributed by atoms with Crippen molar-refractivity contribution in [1.29, 1.82) is 0 Å². The molecule has 0 saturated heterocycles. The molecule has 0 aromatic rings. The molecule has 1 aliphatic rings. The maximum absolute atomic E-state index is 8.84. The highest BCUT2D eigenvalue weighted by Crippen LogP contribution is 2.04. The second kappa shape index (κ2) is 1.90. The van der Waals surface area contributed by atoms with Crippen LogP contribution in [0.4, 0.5) is 0 Å². The van der Waals surface area contributed by atoms with E-state index in [0.717, 1.165) is 18.7 Å². The van der Waals surface area contributed by atoms with Gasteiger partial charge in [0, 0.05) is 18.7 Å². The molecule has 0 radical (unpaired) electrons. The van der Waals surface area contributed by atoms with Crippen molar-refractivity contribution in [2.24, 2.45) is 0 Å². The Morgan fingerprint density at radius 1 is 1.75 bits per heavy atom. The fourth-order valence-corrected chi connectivity index (χ4v) is 0.675. The molecule has 0 bridgehead atoms. The smallest absolute Gasteiger partial charge is 0.0960 e. The van der Waals surface area contributed by atoms with Crippen molar-refractivity contribution in [2.75, 3.05) is 6.54 Å². The zero-order valence-corrected chi connectivity index (χ0v) is 4.65. The third-order valence-electron chi connectivity index (χ3n) is 1.07. The highest BCUT2D eigenvalue weighted by molar-refractivity contribution is 5.18. The molecule has 0 aliphatic carbocycles. The third kappa shape index (κ3) is 1.03. The van der Waals surface area contributed by atoms with Crippen molar-refractivity contribution >= 4 is 0 Å². The summed E-state index contributed by atoms with van der Waals surface area (Å²) < 4.78 is 0. The molecule has 0 fully saturated rings. The lowest BCUT2D eigenvalue weighted by atomic mass is 10.2. The van der Waals surface area contributed by atoms with Gasteiger partial charge in [-0.2, -0.15) is 0 Å². The van der Waals surface area contributed by atoms with Crippen LogP contribution in [0.3, 0.4) is 0 Å². The van der Waals surface area contributed by atoms with Crippen LogP contribution in [0, 0.1) is 0 Å². The second-order valence-corrected chi connectivity index (χ2v) is 1.84. The lowest BCUT2D eigenvalue weighted by molar-refractivity contribution is 0.379. The minimum atomic E-state index is 0.425. The van der Waals surface area contributed by atoms with Crippen molar-refractivity contribution in [1.82, 2.24) is 5.32 Å². The van der Waals surface area contributed by atoms with Crippen LogP contribution in [-0.4, -0.2) is 11.7 Å². The Morgan fingerprint density at radius 2 is 2.50 bits per heavy atom. The van der Waals surface area contributed by atoms with Gasteiger partial charge < -0.3 is 10.4 Å². The molecule has 0 spiro atoms. The molecule has 44 valence electrons. The van der Waals surface area contributed by atoms with Crippen molar-refractivity contribution < 1.29 is 5.11 Å². The van der Waals surface area contributed by atoms with Gasteiger partial charge in [-0.1, -0.05) is 6.58 Å².